The van der Waals surface area contributed by atoms with Gasteiger partial charge in [0.15, 0.2) is 0 Å². The van der Waals surface area contributed by atoms with Crippen LogP contribution in [0.3, 0.4) is 0 Å². The van der Waals surface area contributed by atoms with Crippen molar-refractivity contribution in [2.24, 2.45) is 5.84 Å². The van der Waals surface area contributed by atoms with Gasteiger partial charge in [-0.05, 0) is 25.8 Å². The molecular formula is C14H18N4. The summed E-state index contributed by atoms with van der Waals surface area (Å²) in [6.07, 6.45) is 4.33. The van der Waals surface area contributed by atoms with Crippen LogP contribution in [-0.4, -0.2) is 9.97 Å². The second kappa shape index (κ2) is 5.71. The molecule has 0 aliphatic heterocycles. The monoisotopic (exact) mass is 242 g/mol. The molecule has 0 fully saturated rings. The van der Waals surface area contributed by atoms with Crippen molar-refractivity contribution < 1.29 is 0 Å². The minimum absolute atomic E-state index is 0.0131. The lowest BCUT2D eigenvalue weighted by Crippen LogP contribution is -2.30. The van der Waals surface area contributed by atoms with E-state index in [1.54, 1.807) is 12.4 Å². The molecule has 18 heavy (non-hydrogen) atoms. The average molecular weight is 242 g/mol. The standard InChI is InChI=1S/C14H18N4/c1-10-3-5-12(6-4-10)7-13(18-15)14-9-16-11(2)8-17-14/h3-6,8-9,13,18H,7,15H2,1-2H3. The van der Waals surface area contributed by atoms with Gasteiger partial charge in [0, 0.05) is 6.20 Å². The van der Waals surface area contributed by atoms with Gasteiger partial charge in [-0.15, -0.1) is 0 Å². The minimum Gasteiger partial charge on any atom is -0.271 e. The molecule has 1 unspecified atom stereocenters. The van der Waals surface area contributed by atoms with Crippen LogP contribution in [-0.2, 0) is 6.42 Å². The van der Waals surface area contributed by atoms with Crippen LogP contribution in [0, 0.1) is 13.8 Å². The lowest BCUT2D eigenvalue weighted by molar-refractivity contribution is 0.535. The number of hydrogen-bond donors (Lipinski definition) is 2. The molecule has 0 spiro atoms. The van der Waals surface area contributed by atoms with Gasteiger partial charge in [0.25, 0.3) is 0 Å². The average Bonchev–Trinajstić information content (AvgIpc) is 2.39. The van der Waals surface area contributed by atoms with Gasteiger partial charge in [0.1, 0.15) is 0 Å². The summed E-state index contributed by atoms with van der Waals surface area (Å²) in [6.45, 7) is 4.00. The molecule has 0 radical (unpaired) electrons. The summed E-state index contributed by atoms with van der Waals surface area (Å²) in [5.41, 5.74) is 7.05. The summed E-state index contributed by atoms with van der Waals surface area (Å²) in [5, 5.41) is 0. The Morgan fingerprint density at radius 1 is 1.11 bits per heavy atom. The maximum Gasteiger partial charge on any atom is 0.0773 e. The Hall–Kier alpha value is -1.78. The normalized spacial score (nSPS) is 12.4. The first-order valence-corrected chi connectivity index (χ1v) is 5.99. The lowest BCUT2D eigenvalue weighted by Gasteiger charge is -2.15. The van der Waals surface area contributed by atoms with E-state index < -0.39 is 0 Å². The molecule has 1 aromatic carbocycles. The molecule has 0 amide bonds. The van der Waals surface area contributed by atoms with Crippen molar-refractivity contribution >= 4 is 0 Å². The Morgan fingerprint density at radius 3 is 2.39 bits per heavy atom. The summed E-state index contributed by atoms with van der Waals surface area (Å²) >= 11 is 0. The fourth-order valence-electron chi connectivity index (χ4n) is 1.79. The van der Waals surface area contributed by atoms with Crippen molar-refractivity contribution in [1.82, 2.24) is 15.4 Å². The van der Waals surface area contributed by atoms with Crippen LogP contribution in [0.1, 0.15) is 28.6 Å². The van der Waals surface area contributed by atoms with E-state index in [9.17, 15) is 0 Å². The highest BCUT2D eigenvalue weighted by Gasteiger charge is 2.12. The Kier molecular flexibility index (Phi) is 4.02. The summed E-state index contributed by atoms with van der Waals surface area (Å²) in [4.78, 5) is 8.60. The maximum absolute atomic E-state index is 5.60. The van der Waals surface area contributed by atoms with Gasteiger partial charge in [-0.2, -0.15) is 0 Å². The summed E-state index contributed by atoms with van der Waals surface area (Å²) < 4.78 is 0. The number of aromatic nitrogens is 2. The topological polar surface area (TPSA) is 63.8 Å². The molecule has 0 saturated carbocycles. The molecule has 0 saturated heterocycles. The van der Waals surface area contributed by atoms with Crippen LogP contribution in [0.15, 0.2) is 36.7 Å². The lowest BCUT2D eigenvalue weighted by atomic mass is 10.0. The second-order valence-electron chi connectivity index (χ2n) is 4.49. The molecule has 4 heteroatoms. The summed E-state index contributed by atoms with van der Waals surface area (Å²) in [6, 6.07) is 8.41. The fourth-order valence-corrected chi connectivity index (χ4v) is 1.79. The Bertz CT molecular complexity index is 490. The van der Waals surface area contributed by atoms with Crippen LogP contribution in [0.25, 0.3) is 0 Å². The number of aryl methyl sites for hydroxylation is 2. The number of benzene rings is 1. The molecule has 2 rings (SSSR count). The van der Waals surface area contributed by atoms with E-state index in [4.69, 9.17) is 5.84 Å². The fraction of sp³-hybridized carbons (Fsp3) is 0.286. The summed E-state index contributed by atoms with van der Waals surface area (Å²) in [7, 11) is 0. The smallest absolute Gasteiger partial charge is 0.0773 e. The number of nitrogens with two attached hydrogens (primary N) is 1. The molecular weight excluding hydrogens is 224 g/mol. The maximum atomic E-state index is 5.60. The van der Waals surface area contributed by atoms with E-state index in [2.05, 4.69) is 46.6 Å². The van der Waals surface area contributed by atoms with Crippen LogP contribution in [0.5, 0.6) is 0 Å². The predicted octanol–water partition coefficient (Wildman–Crippen LogP) is 1.84. The van der Waals surface area contributed by atoms with Crippen LogP contribution in [0.4, 0.5) is 0 Å². The van der Waals surface area contributed by atoms with E-state index in [0.717, 1.165) is 17.8 Å². The molecule has 1 atom stereocenters. The van der Waals surface area contributed by atoms with Gasteiger partial charge in [0.2, 0.25) is 0 Å². The Morgan fingerprint density at radius 2 is 1.83 bits per heavy atom. The molecule has 2 aromatic rings. The molecule has 1 heterocycles. The third-order valence-corrected chi connectivity index (χ3v) is 2.92. The number of rotatable bonds is 4. The van der Waals surface area contributed by atoms with Gasteiger partial charge >= 0.3 is 0 Å². The third kappa shape index (κ3) is 3.12. The van der Waals surface area contributed by atoms with Crippen molar-refractivity contribution in [2.45, 2.75) is 26.3 Å². The molecule has 0 aliphatic carbocycles. The molecule has 4 nitrogen and oxygen atoms in total. The highest BCUT2D eigenvalue weighted by atomic mass is 15.2. The third-order valence-electron chi connectivity index (χ3n) is 2.92. The van der Waals surface area contributed by atoms with Gasteiger partial charge in [-0.1, -0.05) is 29.8 Å². The first-order chi connectivity index (χ1) is 8.69. The molecule has 3 N–H and O–H groups in total. The highest BCUT2D eigenvalue weighted by molar-refractivity contribution is 5.23. The zero-order valence-corrected chi connectivity index (χ0v) is 10.7. The number of hydrogen-bond acceptors (Lipinski definition) is 4. The van der Waals surface area contributed by atoms with Crippen LogP contribution in [0.2, 0.25) is 0 Å². The van der Waals surface area contributed by atoms with Gasteiger partial charge in [-0.3, -0.25) is 21.2 Å². The van der Waals surface area contributed by atoms with E-state index in [-0.39, 0.29) is 6.04 Å². The van der Waals surface area contributed by atoms with E-state index in [1.165, 1.54) is 11.1 Å². The van der Waals surface area contributed by atoms with Crippen LogP contribution < -0.4 is 11.3 Å². The zero-order chi connectivity index (χ0) is 13.0. The number of nitrogens with one attached hydrogen (secondary N) is 1. The van der Waals surface area contributed by atoms with E-state index in [0.29, 0.717) is 0 Å². The van der Waals surface area contributed by atoms with Crippen molar-refractivity contribution in [1.29, 1.82) is 0 Å². The molecule has 1 aromatic heterocycles. The van der Waals surface area contributed by atoms with Crippen LogP contribution >= 0.6 is 0 Å². The molecule has 0 bridgehead atoms. The van der Waals surface area contributed by atoms with E-state index >= 15 is 0 Å². The van der Waals surface area contributed by atoms with E-state index in [1.807, 2.05) is 6.92 Å². The number of hydrazine groups is 1. The second-order valence-corrected chi connectivity index (χ2v) is 4.49. The van der Waals surface area contributed by atoms with Crippen molar-refractivity contribution in [3.8, 4) is 0 Å². The van der Waals surface area contributed by atoms with Gasteiger partial charge < -0.3 is 0 Å². The quantitative estimate of drug-likeness (QED) is 0.634. The predicted molar refractivity (Wildman–Crippen MR) is 71.7 cm³/mol. The van der Waals surface area contributed by atoms with Gasteiger partial charge in [0.05, 0.1) is 23.6 Å². The van der Waals surface area contributed by atoms with Crippen molar-refractivity contribution in [3.63, 3.8) is 0 Å². The first-order valence-electron chi connectivity index (χ1n) is 5.99. The number of nitrogens with zero attached hydrogens (tertiary/aromatic N) is 2. The summed E-state index contributed by atoms with van der Waals surface area (Å²) in [5.74, 6) is 5.60. The molecule has 0 aliphatic rings. The first kappa shape index (κ1) is 12.7. The molecule has 94 valence electrons. The Labute approximate surface area is 107 Å². The van der Waals surface area contributed by atoms with Crippen molar-refractivity contribution in [3.05, 3.63) is 59.2 Å². The highest BCUT2D eigenvalue weighted by Crippen LogP contribution is 2.15. The minimum atomic E-state index is -0.0131. The SMILES string of the molecule is Cc1ccc(CC(NN)c2cnc(C)cn2)cc1. The van der Waals surface area contributed by atoms with Gasteiger partial charge in [-0.25, -0.2) is 0 Å². The Balaban J connectivity index is 2.14. The van der Waals surface area contributed by atoms with Crippen molar-refractivity contribution in [2.75, 3.05) is 0 Å². The largest absolute Gasteiger partial charge is 0.271 e. The zero-order valence-electron chi connectivity index (χ0n) is 10.7.